The molecule has 0 atom stereocenters. The third kappa shape index (κ3) is 2.74. The Hall–Kier alpha value is -2.49. The van der Waals surface area contributed by atoms with Gasteiger partial charge < -0.3 is 10.1 Å². The lowest BCUT2D eigenvalue weighted by molar-refractivity contribution is 0.0691. The molecule has 0 amide bonds. The number of hydrogen-bond acceptors (Lipinski definition) is 6. The maximum absolute atomic E-state index is 12.0. The molecular formula is C10H11N5O4S. The Morgan fingerprint density at radius 2 is 2.00 bits per heavy atom. The monoisotopic (exact) mass is 297 g/mol. The van der Waals surface area contributed by atoms with Crippen molar-refractivity contribution in [2.75, 3.05) is 4.72 Å². The summed E-state index contributed by atoms with van der Waals surface area (Å²) in [5.74, 6) is -1.43. The first-order chi connectivity index (χ1) is 9.29. The standard InChI is InChI=1S/C10H11N5O4S/c1-5-6(2)13-14-10(12-5)15-20(18,19)7-3-8(9(16)17)11-4-7/h3-4,11H,1-2H3,(H,16,17)(H,12,14,15). The molecule has 0 saturated carbocycles. The number of carbonyl (C=O) groups is 1. The van der Waals surface area contributed by atoms with Gasteiger partial charge in [0.05, 0.1) is 11.4 Å². The van der Waals surface area contributed by atoms with E-state index in [4.69, 9.17) is 5.11 Å². The van der Waals surface area contributed by atoms with Crippen molar-refractivity contribution < 1.29 is 18.3 Å². The molecule has 2 rings (SSSR count). The molecule has 20 heavy (non-hydrogen) atoms. The topological polar surface area (TPSA) is 138 Å². The van der Waals surface area contributed by atoms with Crippen molar-refractivity contribution in [3.8, 4) is 0 Å². The second-order valence-electron chi connectivity index (χ2n) is 3.97. The molecule has 0 saturated heterocycles. The summed E-state index contributed by atoms with van der Waals surface area (Å²) in [6.45, 7) is 3.36. The van der Waals surface area contributed by atoms with Crippen LogP contribution in [0.25, 0.3) is 0 Å². The van der Waals surface area contributed by atoms with E-state index < -0.39 is 16.0 Å². The van der Waals surface area contributed by atoms with Crippen LogP contribution in [0.3, 0.4) is 0 Å². The first-order valence-electron chi connectivity index (χ1n) is 5.42. The quantitative estimate of drug-likeness (QED) is 0.738. The summed E-state index contributed by atoms with van der Waals surface area (Å²) in [6.07, 6.45) is 1.07. The number of nitrogens with one attached hydrogen (secondary N) is 2. The van der Waals surface area contributed by atoms with Gasteiger partial charge in [0.25, 0.3) is 16.0 Å². The first kappa shape index (κ1) is 13.9. The molecule has 2 aromatic rings. The SMILES string of the molecule is Cc1nnc(NS(=O)(=O)c2c[nH]c(C(=O)O)c2)nc1C. The van der Waals surface area contributed by atoms with Crippen LogP contribution in [-0.4, -0.2) is 39.7 Å². The van der Waals surface area contributed by atoms with Crippen LogP contribution in [0.5, 0.6) is 0 Å². The number of carboxylic acid groups (broad SMARTS) is 1. The molecule has 9 nitrogen and oxygen atoms in total. The Labute approximate surface area is 114 Å². The molecule has 0 aliphatic heterocycles. The van der Waals surface area contributed by atoms with E-state index in [1.165, 1.54) is 0 Å². The summed E-state index contributed by atoms with van der Waals surface area (Å²) in [5.41, 5.74) is 0.894. The lowest BCUT2D eigenvalue weighted by atomic mass is 10.4. The van der Waals surface area contributed by atoms with E-state index in [2.05, 4.69) is 24.9 Å². The predicted molar refractivity (Wildman–Crippen MR) is 67.9 cm³/mol. The number of hydrogen-bond donors (Lipinski definition) is 3. The molecule has 2 aromatic heterocycles. The van der Waals surface area contributed by atoms with Crippen molar-refractivity contribution in [1.29, 1.82) is 0 Å². The van der Waals surface area contributed by atoms with Crippen LogP contribution in [0.1, 0.15) is 21.9 Å². The van der Waals surface area contributed by atoms with Gasteiger partial charge in [0.2, 0.25) is 0 Å². The number of aromatic nitrogens is 4. The maximum atomic E-state index is 12.0. The average molecular weight is 297 g/mol. The number of aromatic carboxylic acids is 1. The second-order valence-corrected chi connectivity index (χ2v) is 5.65. The van der Waals surface area contributed by atoms with Crippen LogP contribution >= 0.6 is 0 Å². The summed E-state index contributed by atoms with van der Waals surface area (Å²) < 4.78 is 26.1. The van der Waals surface area contributed by atoms with Gasteiger partial charge in [-0.15, -0.1) is 5.10 Å². The van der Waals surface area contributed by atoms with Crippen molar-refractivity contribution in [2.24, 2.45) is 0 Å². The number of carboxylic acids is 1. The van der Waals surface area contributed by atoms with E-state index in [0.717, 1.165) is 12.3 Å². The molecule has 0 fully saturated rings. The normalized spacial score (nSPS) is 11.3. The highest BCUT2D eigenvalue weighted by molar-refractivity contribution is 7.92. The molecule has 2 heterocycles. The van der Waals surface area contributed by atoms with Crippen molar-refractivity contribution in [2.45, 2.75) is 18.7 Å². The zero-order valence-electron chi connectivity index (χ0n) is 10.6. The summed E-state index contributed by atoms with van der Waals surface area (Å²) >= 11 is 0. The number of rotatable bonds is 4. The number of nitrogens with zero attached hydrogens (tertiary/aromatic N) is 3. The minimum Gasteiger partial charge on any atom is -0.477 e. The molecule has 0 aromatic carbocycles. The highest BCUT2D eigenvalue weighted by Crippen LogP contribution is 2.14. The van der Waals surface area contributed by atoms with Gasteiger partial charge in [-0.25, -0.2) is 22.9 Å². The molecular weight excluding hydrogens is 286 g/mol. The minimum absolute atomic E-state index is 0.175. The Bertz CT molecular complexity index is 768. The minimum atomic E-state index is -3.97. The van der Waals surface area contributed by atoms with E-state index in [9.17, 15) is 13.2 Å². The Kier molecular flexibility index (Phi) is 3.40. The van der Waals surface area contributed by atoms with Gasteiger partial charge in [-0.2, -0.15) is 5.10 Å². The summed E-state index contributed by atoms with van der Waals surface area (Å²) in [5, 5.41) is 16.1. The molecule has 0 aliphatic rings. The molecule has 0 aliphatic carbocycles. The van der Waals surface area contributed by atoms with Crippen molar-refractivity contribution in [1.82, 2.24) is 20.2 Å². The van der Waals surface area contributed by atoms with E-state index in [-0.39, 0.29) is 16.5 Å². The van der Waals surface area contributed by atoms with Gasteiger partial charge in [-0.1, -0.05) is 0 Å². The Morgan fingerprint density at radius 3 is 2.55 bits per heavy atom. The highest BCUT2D eigenvalue weighted by Gasteiger charge is 2.19. The maximum Gasteiger partial charge on any atom is 0.352 e. The lowest BCUT2D eigenvalue weighted by Crippen LogP contribution is -2.15. The fraction of sp³-hybridized carbons (Fsp3) is 0.200. The van der Waals surface area contributed by atoms with E-state index >= 15 is 0 Å². The van der Waals surface area contributed by atoms with Crippen LogP contribution < -0.4 is 4.72 Å². The van der Waals surface area contributed by atoms with Crippen molar-refractivity contribution in [3.05, 3.63) is 29.3 Å². The van der Waals surface area contributed by atoms with Crippen LogP contribution in [0, 0.1) is 13.8 Å². The van der Waals surface area contributed by atoms with Gasteiger partial charge in [-0.05, 0) is 19.9 Å². The fourth-order valence-electron chi connectivity index (χ4n) is 1.33. The summed E-state index contributed by atoms with van der Waals surface area (Å²) in [4.78, 5) is 16.8. The number of anilines is 1. The zero-order chi connectivity index (χ0) is 14.9. The smallest absolute Gasteiger partial charge is 0.352 e. The van der Waals surface area contributed by atoms with Crippen LogP contribution in [0.15, 0.2) is 17.2 Å². The summed E-state index contributed by atoms with van der Waals surface area (Å²) in [6, 6.07) is 0.999. The first-order valence-corrected chi connectivity index (χ1v) is 6.90. The van der Waals surface area contributed by atoms with Gasteiger partial charge in [0.1, 0.15) is 10.6 Å². The number of H-pyrrole nitrogens is 1. The third-order valence-electron chi connectivity index (χ3n) is 2.51. The van der Waals surface area contributed by atoms with Crippen LogP contribution in [0.2, 0.25) is 0 Å². The predicted octanol–water partition coefficient (Wildman–Crippen LogP) is 0.316. The molecule has 10 heteroatoms. The van der Waals surface area contributed by atoms with Gasteiger partial charge >= 0.3 is 5.97 Å². The number of aromatic amines is 1. The fourth-order valence-corrected chi connectivity index (χ4v) is 2.26. The van der Waals surface area contributed by atoms with Crippen LogP contribution in [-0.2, 0) is 10.0 Å². The summed E-state index contributed by atoms with van der Waals surface area (Å²) in [7, 11) is -3.97. The number of sulfonamides is 1. The molecule has 106 valence electrons. The van der Waals surface area contributed by atoms with E-state index in [0.29, 0.717) is 11.4 Å². The van der Waals surface area contributed by atoms with E-state index in [1.54, 1.807) is 13.8 Å². The second kappa shape index (κ2) is 4.89. The molecule has 0 bridgehead atoms. The largest absolute Gasteiger partial charge is 0.477 e. The van der Waals surface area contributed by atoms with Gasteiger partial charge in [-0.3, -0.25) is 0 Å². The zero-order valence-corrected chi connectivity index (χ0v) is 11.4. The molecule has 0 radical (unpaired) electrons. The lowest BCUT2D eigenvalue weighted by Gasteiger charge is -2.05. The van der Waals surface area contributed by atoms with Crippen molar-refractivity contribution >= 4 is 21.9 Å². The third-order valence-corrected chi connectivity index (χ3v) is 3.82. The van der Waals surface area contributed by atoms with Crippen LogP contribution in [0.4, 0.5) is 5.95 Å². The Morgan fingerprint density at radius 1 is 1.30 bits per heavy atom. The number of aryl methyl sites for hydroxylation is 2. The highest BCUT2D eigenvalue weighted by atomic mass is 32.2. The molecule has 3 N–H and O–H groups in total. The van der Waals surface area contributed by atoms with E-state index in [1.807, 2.05) is 0 Å². The van der Waals surface area contributed by atoms with Gasteiger partial charge in [0, 0.05) is 6.20 Å². The Balaban J connectivity index is 2.30. The van der Waals surface area contributed by atoms with Gasteiger partial charge in [0.15, 0.2) is 0 Å². The molecule has 0 unspecified atom stereocenters. The van der Waals surface area contributed by atoms with Crippen molar-refractivity contribution in [3.63, 3.8) is 0 Å². The average Bonchev–Trinajstić information content (AvgIpc) is 2.84. The molecule has 0 spiro atoms.